The van der Waals surface area contributed by atoms with Crippen LogP contribution in [0.25, 0.3) is 11.4 Å². The highest BCUT2D eigenvalue weighted by Crippen LogP contribution is 2.36. The smallest absolute Gasteiger partial charge is 0.253 e. The molecule has 0 unspecified atom stereocenters. The van der Waals surface area contributed by atoms with Gasteiger partial charge in [0.15, 0.2) is 0 Å². The molecule has 0 spiro atoms. The van der Waals surface area contributed by atoms with Crippen LogP contribution in [0.15, 0.2) is 51.5 Å². The van der Waals surface area contributed by atoms with Crippen molar-refractivity contribution in [3.8, 4) is 11.4 Å². The number of hydrogen-bond acceptors (Lipinski definition) is 7. The van der Waals surface area contributed by atoms with Crippen LogP contribution in [0.3, 0.4) is 0 Å². The van der Waals surface area contributed by atoms with Crippen LogP contribution in [-0.2, 0) is 16.6 Å². The van der Waals surface area contributed by atoms with Gasteiger partial charge in [-0.25, -0.2) is 8.42 Å². The fourth-order valence-corrected chi connectivity index (χ4v) is 7.27. The Morgan fingerprint density at radius 2 is 1.93 bits per heavy atom. The molecule has 7 nitrogen and oxygen atoms in total. The Balaban J connectivity index is 1.66. The molecule has 160 valence electrons. The molecule has 1 aromatic carbocycles. The van der Waals surface area contributed by atoms with Crippen molar-refractivity contribution in [1.29, 1.82) is 0 Å². The third kappa shape index (κ3) is 4.45. The van der Waals surface area contributed by atoms with Crippen LogP contribution in [0, 0.1) is 5.92 Å². The fourth-order valence-electron chi connectivity index (χ4n) is 3.95. The third-order valence-electron chi connectivity index (χ3n) is 5.50. The summed E-state index contributed by atoms with van der Waals surface area (Å²) in [6, 6.07) is 10.3. The minimum atomic E-state index is -3.76. The maximum absolute atomic E-state index is 13.5. The normalized spacial score (nSPS) is 20.0. The lowest BCUT2D eigenvalue weighted by atomic mass is 9.85. The highest BCUT2D eigenvalue weighted by atomic mass is 35.5. The first kappa shape index (κ1) is 21.5. The molecular weight excluding hydrogens is 446 g/mol. The van der Waals surface area contributed by atoms with Crippen LogP contribution in [0.4, 0.5) is 0 Å². The third-order valence-corrected chi connectivity index (χ3v) is 9.07. The van der Waals surface area contributed by atoms with Gasteiger partial charge < -0.3 is 9.63 Å². The number of aliphatic hydroxyl groups is 1. The van der Waals surface area contributed by atoms with E-state index in [-0.39, 0.29) is 29.3 Å². The van der Waals surface area contributed by atoms with Crippen LogP contribution >= 0.6 is 22.9 Å². The molecule has 0 amide bonds. The molecule has 1 N–H and O–H groups in total. The van der Waals surface area contributed by atoms with E-state index >= 15 is 0 Å². The number of thiophene rings is 1. The first-order chi connectivity index (χ1) is 14.5. The number of rotatable bonds is 7. The molecule has 10 heteroatoms. The minimum absolute atomic E-state index is 0.0291. The summed E-state index contributed by atoms with van der Waals surface area (Å²) in [7, 11) is -3.76. The summed E-state index contributed by atoms with van der Waals surface area (Å²) >= 11 is 7.07. The van der Waals surface area contributed by atoms with E-state index in [9.17, 15) is 13.5 Å². The fraction of sp³-hybridized carbons (Fsp3) is 0.400. The van der Waals surface area contributed by atoms with E-state index in [1.54, 1.807) is 16.4 Å². The summed E-state index contributed by atoms with van der Waals surface area (Å²) < 4.78 is 34.0. The molecular formula is C20H22ClN3O4S2. The Morgan fingerprint density at radius 3 is 2.57 bits per heavy atom. The molecule has 30 heavy (non-hydrogen) atoms. The zero-order valence-electron chi connectivity index (χ0n) is 16.1. The second-order valence-corrected chi connectivity index (χ2v) is 11.2. The number of nitrogens with zero attached hydrogens (tertiary/aromatic N) is 3. The van der Waals surface area contributed by atoms with E-state index < -0.39 is 10.0 Å². The molecule has 2 atom stereocenters. The molecule has 1 aliphatic carbocycles. The molecule has 3 aromatic rings. The molecule has 0 aliphatic heterocycles. The lowest BCUT2D eigenvalue weighted by Gasteiger charge is -2.38. The van der Waals surface area contributed by atoms with Crippen LogP contribution in [0.2, 0.25) is 4.34 Å². The van der Waals surface area contributed by atoms with Crippen molar-refractivity contribution in [1.82, 2.24) is 14.4 Å². The number of aliphatic hydroxyl groups excluding tert-OH is 1. The van der Waals surface area contributed by atoms with E-state index in [0.29, 0.717) is 10.2 Å². The van der Waals surface area contributed by atoms with Gasteiger partial charge in [-0.1, -0.05) is 53.9 Å². The van der Waals surface area contributed by atoms with Gasteiger partial charge in [0.05, 0.1) is 4.34 Å². The summed E-state index contributed by atoms with van der Waals surface area (Å²) in [6.07, 6.45) is 4.75. The van der Waals surface area contributed by atoms with Crippen molar-refractivity contribution in [3.05, 3.63) is 52.7 Å². The van der Waals surface area contributed by atoms with Crippen LogP contribution < -0.4 is 0 Å². The molecule has 2 heterocycles. The minimum Gasteiger partial charge on any atom is -0.396 e. The number of benzene rings is 1. The van der Waals surface area contributed by atoms with Gasteiger partial charge in [0.2, 0.25) is 12.2 Å². The maximum atomic E-state index is 13.5. The van der Waals surface area contributed by atoms with E-state index in [4.69, 9.17) is 16.1 Å². The Bertz CT molecular complexity index is 1070. The zero-order valence-corrected chi connectivity index (χ0v) is 18.5. The highest BCUT2D eigenvalue weighted by Gasteiger charge is 2.38. The van der Waals surface area contributed by atoms with Crippen molar-refractivity contribution < 1.29 is 18.0 Å². The second-order valence-electron chi connectivity index (χ2n) is 7.35. The molecule has 0 bridgehead atoms. The van der Waals surface area contributed by atoms with Gasteiger partial charge in [-0.3, -0.25) is 0 Å². The van der Waals surface area contributed by atoms with Crippen molar-refractivity contribution in [2.24, 2.45) is 5.92 Å². The summed E-state index contributed by atoms with van der Waals surface area (Å²) in [5.74, 6) is 0.398. The topological polar surface area (TPSA) is 96.5 Å². The zero-order chi connectivity index (χ0) is 21.1. The predicted molar refractivity (Wildman–Crippen MR) is 115 cm³/mol. The number of hydrogen-bond donors (Lipinski definition) is 1. The largest absolute Gasteiger partial charge is 0.396 e. The summed E-state index contributed by atoms with van der Waals surface area (Å²) in [5, 5.41) is 13.7. The predicted octanol–water partition coefficient (Wildman–Crippen LogP) is 4.19. The SMILES string of the molecule is O=S(=O)(c1ccc(Cl)s1)N(Cc1ccc(-c2ncon2)cc1)[C@H]1CCCC[C@@H]1CO. The van der Waals surface area contributed by atoms with E-state index in [0.717, 1.165) is 48.1 Å². The van der Waals surface area contributed by atoms with E-state index in [2.05, 4.69) is 10.1 Å². The van der Waals surface area contributed by atoms with Gasteiger partial charge in [0.1, 0.15) is 4.21 Å². The molecule has 0 radical (unpaired) electrons. The van der Waals surface area contributed by atoms with Gasteiger partial charge in [0, 0.05) is 24.8 Å². The average molecular weight is 468 g/mol. The number of halogens is 1. The van der Waals surface area contributed by atoms with Crippen LogP contribution in [0.5, 0.6) is 0 Å². The molecule has 1 saturated carbocycles. The lowest BCUT2D eigenvalue weighted by Crippen LogP contribution is -2.46. The molecule has 1 fully saturated rings. The Labute approximate surface area is 184 Å². The van der Waals surface area contributed by atoms with Crippen molar-refractivity contribution in [2.45, 2.75) is 42.5 Å². The van der Waals surface area contributed by atoms with Gasteiger partial charge in [-0.15, -0.1) is 11.3 Å². The first-order valence-electron chi connectivity index (χ1n) is 9.73. The van der Waals surface area contributed by atoms with Gasteiger partial charge in [0.25, 0.3) is 10.0 Å². The van der Waals surface area contributed by atoms with E-state index in [1.165, 1.54) is 6.39 Å². The van der Waals surface area contributed by atoms with Crippen LogP contribution in [-0.4, -0.2) is 40.6 Å². The monoisotopic (exact) mass is 467 g/mol. The molecule has 4 rings (SSSR count). The van der Waals surface area contributed by atoms with Crippen molar-refractivity contribution in [3.63, 3.8) is 0 Å². The van der Waals surface area contributed by atoms with Gasteiger partial charge in [-0.2, -0.15) is 9.29 Å². The summed E-state index contributed by atoms with van der Waals surface area (Å²) in [4.78, 5) is 4.03. The summed E-state index contributed by atoms with van der Waals surface area (Å²) in [5.41, 5.74) is 1.63. The van der Waals surface area contributed by atoms with Crippen molar-refractivity contribution >= 4 is 33.0 Å². The Kier molecular flexibility index (Phi) is 6.54. The summed E-state index contributed by atoms with van der Waals surface area (Å²) in [6.45, 7) is 0.185. The quantitative estimate of drug-likeness (QED) is 0.559. The first-order valence-corrected chi connectivity index (χ1v) is 12.4. The van der Waals surface area contributed by atoms with Gasteiger partial charge >= 0.3 is 0 Å². The standard InChI is InChI=1S/C20H22ClN3O4S2/c21-18-9-10-19(29-18)30(26,27)24(17-4-2-1-3-16(17)12-25)11-14-5-7-15(8-6-14)20-22-13-28-23-20/h5-10,13,16-17,25H,1-4,11-12H2/t16-,17+/m1/s1. The molecule has 2 aromatic heterocycles. The van der Waals surface area contributed by atoms with Crippen LogP contribution in [0.1, 0.15) is 31.2 Å². The average Bonchev–Trinajstić information content (AvgIpc) is 3.45. The Morgan fingerprint density at radius 1 is 1.17 bits per heavy atom. The molecule has 0 saturated heterocycles. The van der Waals surface area contributed by atoms with E-state index in [1.807, 2.05) is 24.3 Å². The lowest BCUT2D eigenvalue weighted by molar-refractivity contribution is 0.109. The van der Waals surface area contributed by atoms with Crippen molar-refractivity contribution in [2.75, 3.05) is 6.61 Å². The second kappa shape index (κ2) is 9.15. The highest BCUT2D eigenvalue weighted by molar-refractivity contribution is 7.91. The number of sulfonamides is 1. The number of aromatic nitrogens is 2. The Hall–Kier alpha value is -1.78. The maximum Gasteiger partial charge on any atom is 0.253 e. The molecule has 1 aliphatic rings. The van der Waals surface area contributed by atoms with Gasteiger partial charge in [-0.05, 0) is 36.5 Å².